The van der Waals surface area contributed by atoms with Crippen molar-refractivity contribution in [1.82, 2.24) is 0 Å². The van der Waals surface area contributed by atoms with E-state index in [9.17, 15) is 8.78 Å². The first-order chi connectivity index (χ1) is 7.63. The number of alkyl halides is 1. The Bertz CT molecular complexity index is 359. The highest BCUT2D eigenvalue weighted by Gasteiger charge is 2.38. The van der Waals surface area contributed by atoms with Crippen LogP contribution in [0.4, 0.5) is 8.78 Å². The molecule has 1 aliphatic carbocycles. The third-order valence-electron chi connectivity index (χ3n) is 3.47. The Morgan fingerprint density at radius 2 is 1.75 bits per heavy atom. The van der Waals surface area contributed by atoms with Crippen LogP contribution in [0.15, 0.2) is 24.3 Å². The van der Waals surface area contributed by atoms with E-state index in [1.54, 1.807) is 12.1 Å². The second-order valence-corrected chi connectivity index (χ2v) is 4.68. The average molecular weight is 225 g/mol. The standard InChI is InChI=1S/C13H17F2N/c14-11-7-3-2-6-10(11)12(15)13(16)8-4-1-5-9-13/h2-3,6-7,12H,1,4-5,8-9,16H2. The lowest BCUT2D eigenvalue weighted by molar-refractivity contribution is 0.140. The molecular formula is C13H17F2N. The number of hydrogen-bond acceptors (Lipinski definition) is 1. The van der Waals surface area contributed by atoms with Gasteiger partial charge in [0.05, 0.1) is 5.54 Å². The molecule has 3 heteroatoms. The first-order valence-electron chi connectivity index (χ1n) is 5.81. The maximum absolute atomic E-state index is 14.3. The van der Waals surface area contributed by atoms with Gasteiger partial charge in [-0.25, -0.2) is 8.78 Å². The molecule has 1 fully saturated rings. The monoisotopic (exact) mass is 225 g/mol. The van der Waals surface area contributed by atoms with Crippen LogP contribution in [0, 0.1) is 5.82 Å². The van der Waals surface area contributed by atoms with Crippen LogP contribution < -0.4 is 5.73 Å². The van der Waals surface area contributed by atoms with E-state index in [-0.39, 0.29) is 5.56 Å². The first-order valence-corrected chi connectivity index (χ1v) is 5.81. The maximum Gasteiger partial charge on any atom is 0.146 e. The van der Waals surface area contributed by atoms with E-state index < -0.39 is 17.5 Å². The molecule has 2 rings (SSSR count). The van der Waals surface area contributed by atoms with Crippen LogP contribution in [-0.2, 0) is 0 Å². The minimum atomic E-state index is -1.39. The van der Waals surface area contributed by atoms with E-state index in [0.29, 0.717) is 12.8 Å². The molecule has 1 saturated carbocycles. The highest BCUT2D eigenvalue weighted by Crippen LogP contribution is 2.39. The quantitative estimate of drug-likeness (QED) is 0.819. The van der Waals surface area contributed by atoms with Crippen LogP contribution in [-0.4, -0.2) is 5.54 Å². The molecule has 0 spiro atoms. The summed E-state index contributed by atoms with van der Waals surface area (Å²) in [5, 5.41) is 0. The predicted octanol–water partition coefficient (Wildman–Crippen LogP) is 3.50. The van der Waals surface area contributed by atoms with Gasteiger partial charge in [-0.1, -0.05) is 37.5 Å². The van der Waals surface area contributed by atoms with Gasteiger partial charge in [-0.3, -0.25) is 0 Å². The highest BCUT2D eigenvalue weighted by molar-refractivity contribution is 5.23. The molecule has 0 aromatic heterocycles. The van der Waals surface area contributed by atoms with Gasteiger partial charge in [-0.05, 0) is 18.9 Å². The van der Waals surface area contributed by atoms with Crippen LogP contribution in [0.3, 0.4) is 0 Å². The molecule has 1 unspecified atom stereocenters. The van der Waals surface area contributed by atoms with Crippen molar-refractivity contribution in [3.8, 4) is 0 Å². The summed E-state index contributed by atoms with van der Waals surface area (Å²) >= 11 is 0. The first kappa shape index (κ1) is 11.5. The minimum Gasteiger partial charge on any atom is -0.322 e. The van der Waals surface area contributed by atoms with Gasteiger partial charge in [-0.15, -0.1) is 0 Å². The van der Waals surface area contributed by atoms with Crippen molar-refractivity contribution in [2.45, 2.75) is 43.8 Å². The lowest BCUT2D eigenvalue weighted by Gasteiger charge is -2.36. The molecule has 0 amide bonds. The Hall–Kier alpha value is -0.960. The summed E-state index contributed by atoms with van der Waals surface area (Å²) < 4.78 is 27.8. The zero-order chi connectivity index (χ0) is 11.6. The number of benzene rings is 1. The van der Waals surface area contributed by atoms with Gasteiger partial charge in [0.1, 0.15) is 12.0 Å². The van der Waals surface area contributed by atoms with Crippen molar-refractivity contribution in [2.75, 3.05) is 0 Å². The van der Waals surface area contributed by atoms with E-state index in [1.807, 2.05) is 0 Å². The van der Waals surface area contributed by atoms with E-state index in [1.165, 1.54) is 12.1 Å². The molecule has 1 atom stereocenters. The van der Waals surface area contributed by atoms with Crippen molar-refractivity contribution < 1.29 is 8.78 Å². The molecule has 1 aromatic carbocycles. The van der Waals surface area contributed by atoms with E-state index >= 15 is 0 Å². The van der Waals surface area contributed by atoms with Gasteiger partial charge in [0, 0.05) is 5.56 Å². The summed E-state index contributed by atoms with van der Waals surface area (Å²) in [5.74, 6) is -0.495. The van der Waals surface area contributed by atoms with Crippen molar-refractivity contribution in [2.24, 2.45) is 5.73 Å². The third-order valence-corrected chi connectivity index (χ3v) is 3.47. The van der Waals surface area contributed by atoms with Gasteiger partial charge >= 0.3 is 0 Å². The summed E-state index contributed by atoms with van der Waals surface area (Å²) in [6, 6.07) is 5.99. The number of nitrogens with two attached hydrogens (primary N) is 1. The second kappa shape index (κ2) is 4.50. The summed E-state index contributed by atoms with van der Waals surface area (Å²) in [5.41, 5.74) is 5.29. The topological polar surface area (TPSA) is 26.0 Å². The summed E-state index contributed by atoms with van der Waals surface area (Å²) in [4.78, 5) is 0. The SMILES string of the molecule is NC1(C(F)c2ccccc2F)CCCCC1. The Morgan fingerprint density at radius 3 is 2.38 bits per heavy atom. The summed E-state index contributed by atoms with van der Waals surface area (Å²) in [6.45, 7) is 0. The number of halogens is 2. The molecule has 0 aliphatic heterocycles. The Labute approximate surface area is 94.7 Å². The molecule has 88 valence electrons. The van der Waals surface area contributed by atoms with Crippen LogP contribution >= 0.6 is 0 Å². The lowest BCUT2D eigenvalue weighted by Crippen LogP contribution is -2.46. The summed E-state index contributed by atoms with van der Waals surface area (Å²) in [7, 11) is 0. The molecule has 0 heterocycles. The van der Waals surface area contributed by atoms with Gasteiger partial charge in [-0.2, -0.15) is 0 Å². The van der Waals surface area contributed by atoms with E-state index in [2.05, 4.69) is 0 Å². The van der Waals surface area contributed by atoms with Gasteiger partial charge in [0.2, 0.25) is 0 Å². The highest BCUT2D eigenvalue weighted by atomic mass is 19.1. The average Bonchev–Trinajstić information content (AvgIpc) is 2.30. The zero-order valence-electron chi connectivity index (χ0n) is 9.26. The molecule has 1 aromatic rings. The minimum absolute atomic E-state index is 0.104. The van der Waals surface area contributed by atoms with Crippen LogP contribution in [0.2, 0.25) is 0 Å². The smallest absolute Gasteiger partial charge is 0.146 e. The van der Waals surface area contributed by atoms with E-state index in [4.69, 9.17) is 5.73 Å². The molecule has 0 radical (unpaired) electrons. The summed E-state index contributed by atoms with van der Waals surface area (Å²) in [6.07, 6.45) is 2.86. The molecular weight excluding hydrogens is 208 g/mol. The zero-order valence-corrected chi connectivity index (χ0v) is 9.26. The van der Waals surface area contributed by atoms with Gasteiger partial charge in [0.15, 0.2) is 0 Å². The van der Waals surface area contributed by atoms with E-state index in [0.717, 1.165) is 19.3 Å². The Kier molecular flexibility index (Phi) is 3.24. The Morgan fingerprint density at radius 1 is 1.12 bits per heavy atom. The van der Waals surface area contributed by atoms with Crippen molar-refractivity contribution in [3.05, 3.63) is 35.6 Å². The predicted molar refractivity (Wildman–Crippen MR) is 60.3 cm³/mol. The maximum atomic E-state index is 14.3. The fourth-order valence-corrected chi connectivity index (χ4v) is 2.45. The largest absolute Gasteiger partial charge is 0.322 e. The molecule has 1 nitrogen and oxygen atoms in total. The van der Waals surface area contributed by atoms with Crippen molar-refractivity contribution in [3.63, 3.8) is 0 Å². The van der Waals surface area contributed by atoms with Gasteiger partial charge < -0.3 is 5.73 Å². The molecule has 2 N–H and O–H groups in total. The fraction of sp³-hybridized carbons (Fsp3) is 0.538. The molecule has 0 bridgehead atoms. The number of hydrogen-bond donors (Lipinski definition) is 1. The van der Waals surface area contributed by atoms with Gasteiger partial charge in [0.25, 0.3) is 0 Å². The van der Waals surface area contributed by atoms with Crippen molar-refractivity contribution in [1.29, 1.82) is 0 Å². The van der Waals surface area contributed by atoms with Crippen LogP contribution in [0.5, 0.6) is 0 Å². The molecule has 0 saturated heterocycles. The molecule has 16 heavy (non-hydrogen) atoms. The number of rotatable bonds is 2. The normalized spacial score (nSPS) is 21.7. The van der Waals surface area contributed by atoms with Crippen LogP contribution in [0.1, 0.15) is 43.8 Å². The second-order valence-electron chi connectivity index (χ2n) is 4.68. The lowest BCUT2D eigenvalue weighted by atomic mass is 9.77. The van der Waals surface area contributed by atoms with Crippen molar-refractivity contribution >= 4 is 0 Å². The van der Waals surface area contributed by atoms with Crippen LogP contribution in [0.25, 0.3) is 0 Å². The molecule has 1 aliphatic rings. The third kappa shape index (κ3) is 2.09. The fourth-order valence-electron chi connectivity index (χ4n) is 2.45. The Balaban J connectivity index is 2.24.